The number of halogens is 2. The third-order valence-electron chi connectivity index (χ3n) is 5.66. The number of hydrogen-bond acceptors (Lipinski definition) is 5. The molecule has 152 valence electrons. The molecule has 0 bridgehead atoms. The van der Waals surface area contributed by atoms with Crippen LogP contribution < -0.4 is 10.1 Å². The fourth-order valence-electron chi connectivity index (χ4n) is 4.32. The monoisotopic (exact) mass is 408 g/mol. The molecule has 0 amide bonds. The summed E-state index contributed by atoms with van der Waals surface area (Å²) < 4.78 is 34.6. The molecule has 6 nitrogen and oxygen atoms in total. The van der Waals surface area contributed by atoms with Crippen molar-refractivity contribution in [3.8, 4) is 5.75 Å². The Labute approximate surface area is 171 Å². The van der Waals surface area contributed by atoms with E-state index in [9.17, 15) is 13.6 Å². The summed E-state index contributed by atoms with van der Waals surface area (Å²) in [5.41, 5.74) is 1.99. The number of rotatable bonds is 3. The first-order valence-corrected chi connectivity index (χ1v) is 9.54. The van der Waals surface area contributed by atoms with Gasteiger partial charge in [0.15, 0.2) is 0 Å². The zero-order chi connectivity index (χ0) is 20.8. The van der Waals surface area contributed by atoms with Gasteiger partial charge in [-0.25, -0.2) is 13.5 Å². The number of allylic oxidation sites excluding steroid dienone is 2. The first-order chi connectivity index (χ1) is 14.5. The number of anilines is 1. The molecule has 8 heteroatoms. The van der Waals surface area contributed by atoms with E-state index in [1.165, 1.54) is 23.1 Å². The predicted octanol–water partition coefficient (Wildman–Crippen LogP) is 3.84. The van der Waals surface area contributed by atoms with Crippen LogP contribution >= 0.6 is 0 Å². The van der Waals surface area contributed by atoms with Crippen molar-refractivity contribution in [3.05, 3.63) is 83.3 Å². The molecule has 1 aliphatic heterocycles. The number of carbonyl (C=O) groups is 1. The second kappa shape index (κ2) is 7.05. The number of benzene rings is 2. The van der Waals surface area contributed by atoms with Gasteiger partial charge in [-0.3, -0.25) is 4.79 Å². The van der Waals surface area contributed by atoms with E-state index in [1.54, 1.807) is 7.11 Å². The van der Waals surface area contributed by atoms with Crippen LogP contribution in [0.1, 0.15) is 29.5 Å². The number of ether oxygens (including phenoxy) is 1. The van der Waals surface area contributed by atoms with Gasteiger partial charge in [0.2, 0.25) is 5.95 Å². The molecule has 0 fully saturated rings. The molecule has 0 saturated carbocycles. The van der Waals surface area contributed by atoms with Crippen molar-refractivity contribution < 1.29 is 18.3 Å². The highest BCUT2D eigenvalue weighted by molar-refractivity contribution is 5.88. The normalized spacial score (nSPS) is 22.6. The van der Waals surface area contributed by atoms with E-state index >= 15 is 0 Å². The van der Waals surface area contributed by atoms with E-state index in [-0.39, 0.29) is 18.1 Å². The van der Waals surface area contributed by atoms with Crippen LogP contribution in [0.3, 0.4) is 0 Å². The summed E-state index contributed by atoms with van der Waals surface area (Å²) in [5.74, 6) is -1.02. The molecule has 0 radical (unpaired) electrons. The second-order valence-electron chi connectivity index (χ2n) is 7.45. The van der Waals surface area contributed by atoms with Crippen molar-refractivity contribution in [1.82, 2.24) is 14.8 Å². The van der Waals surface area contributed by atoms with E-state index in [2.05, 4.69) is 15.4 Å². The van der Waals surface area contributed by atoms with Gasteiger partial charge in [-0.15, -0.1) is 0 Å². The van der Waals surface area contributed by atoms with Gasteiger partial charge in [-0.1, -0.05) is 18.2 Å². The summed E-state index contributed by atoms with van der Waals surface area (Å²) in [7, 11) is 1.60. The molecule has 3 aromatic rings. The summed E-state index contributed by atoms with van der Waals surface area (Å²) in [6, 6.07) is 10.2. The lowest BCUT2D eigenvalue weighted by molar-refractivity contribution is -0.123. The van der Waals surface area contributed by atoms with Gasteiger partial charge in [-0.05, 0) is 35.4 Å². The van der Waals surface area contributed by atoms with Gasteiger partial charge in [0.25, 0.3) is 0 Å². The van der Waals surface area contributed by atoms with Crippen molar-refractivity contribution in [3.63, 3.8) is 0 Å². The van der Waals surface area contributed by atoms with Crippen LogP contribution in [-0.4, -0.2) is 27.7 Å². The van der Waals surface area contributed by atoms with Crippen LogP contribution in [0.25, 0.3) is 0 Å². The van der Waals surface area contributed by atoms with Crippen molar-refractivity contribution in [1.29, 1.82) is 0 Å². The minimum Gasteiger partial charge on any atom is -0.497 e. The number of nitrogens with zero attached hydrogens (tertiary/aromatic N) is 3. The van der Waals surface area contributed by atoms with E-state index in [0.29, 0.717) is 17.2 Å². The molecule has 1 N–H and O–H groups in total. The Kier molecular flexibility index (Phi) is 4.34. The lowest BCUT2D eigenvalue weighted by atomic mass is 9.75. The van der Waals surface area contributed by atoms with Gasteiger partial charge in [0.05, 0.1) is 19.1 Å². The van der Waals surface area contributed by atoms with Gasteiger partial charge in [-0.2, -0.15) is 10.1 Å². The van der Waals surface area contributed by atoms with Crippen LogP contribution in [0, 0.1) is 17.6 Å². The Hall–Kier alpha value is -3.55. The third kappa shape index (κ3) is 3.04. The highest BCUT2D eigenvalue weighted by Crippen LogP contribution is 2.44. The Balaban J connectivity index is 1.59. The van der Waals surface area contributed by atoms with Gasteiger partial charge >= 0.3 is 0 Å². The molecule has 1 aromatic heterocycles. The Morgan fingerprint density at radius 3 is 2.53 bits per heavy atom. The molecule has 3 atom stereocenters. The fourth-order valence-corrected chi connectivity index (χ4v) is 4.32. The number of fused-ring (bicyclic) bond motifs is 2. The van der Waals surface area contributed by atoms with Crippen molar-refractivity contribution >= 4 is 11.7 Å². The first-order valence-electron chi connectivity index (χ1n) is 9.54. The second-order valence-corrected chi connectivity index (χ2v) is 7.45. The molecular formula is C22H18F2N4O2. The predicted molar refractivity (Wildman–Crippen MR) is 105 cm³/mol. The number of Topliss-reactive ketones (excluding diaryl/α,β-unsaturated/α-hetero) is 1. The average molecular weight is 408 g/mol. The number of nitrogens with one attached hydrogen (secondary N) is 1. The molecule has 2 heterocycles. The van der Waals surface area contributed by atoms with Crippen LogP contribution in [0.5, 0.6) is 5.75 Å². The van der Waals surface area contributed by atoms with Crippen molar-refractivity contribution in [2.45, 2.75) is 18.4 Å². The number of ketones is 1. The van der Waals surface area contributed by atoms with Gasteiger partial charge in [0, 0.05) is 24.1 Å². The minimum absolute atomic E-state index is 0.0309. The fraction of sp³-hybridized carbons (Fsp3) is 0.227. The van der Waals surface area contributed by atoms with Crippen LogP contribution in [0.4, 0.5) is 14.7 Å². The van der Waals surface area contributed by atoms with Crippen LogP contribution in [0.2, 0.25) is 0 Å². The molecule has 2 aliphatic rings. The van der Waals surface area contributed by atoms with Gasteiger partial charge in [0.1, 0.15) is 29.5 Å². The topological polar surface area (TPSA) is 69.0 Å². The zero-order valence-corrected chi connectivity index (χ0v) is 16.0. The molecule has 5 rings (SSSR count). The maximum atomic E-state index is 13.9. The first kappa shape index (κ1) is 18.5. The molecule has 1 aliphatic carbocycles. The SMILES string of the molecule is COc1ccc([C@H]2C=C3Nc4ncnn4[C@@H](c4cc(F)cc(F)c4)[C@@H]3C(=O)C2)cc1. The van der Waals surface area contributed by atoms with E-state index in [4.69, 9.17) is 4.74 Å². The van der Waals surface area contributed by atoms with Crippen molar-refractivity contribution in [2.75, 3.05) is 12.4 Å². The van der Waals surface area contributed by atoms with Crippen LogP contribution in [-0.2, 0) is 4.79 Å². The lowest BCUT2D eigenvalue weighted by Gasteiger charge is -2.38. The minimum atomic E-state index is -0.699. The summed E-state index contributed by atoms with van der Waals surface area (Å²) in [4.78, 5) is 17.5. The van der Waals surface area contributed by atoms with Crippen molar-refractivity contribution in [2.24, 2.45) is 5.92 Å². The number of methoxy groups -OCH3 is 1. The average Bonchev–Trinajstić information content (AvgIpc) is 3.19. The van der Waals surface area contributed by atoms with E-state index in [1.807, 2.05) is 30.3 Å². The molecule has 2 aromatic carbocycles. The Bertz CT molecular complexity index is 1140. The quantitative estimate of drug-likeness (QED) is 0.713. The third-order valence-corrected chi connectivity index (χ3v) is 5.66. The summed E-state index contributed by atoms with van der Waals surface area (Å²) >= 11 is 0. The number of carbonyl (C=O) groups excluding carboxylic acids is 1. The van der Waals surface area contributed by atoms with E-state index < -0.39 is 23.6 Å². The summed E-state index contributed by atoms with van der Waals surface area (Å²) in [5, 5.41) is 7.38. The lowest BCUT2D eigenvalue weighted by Crippen LogP contribution is -2.40. The van der Waals surface area contributed by atoms with E-state index in [0.717, 1.165) is 17.4 Å². The Morgan fingerprint density at radius 2 is 1.83 bits per heavy atom. The largest absolute Gasteiger partial charge is 0.497 e. The van der Waals surface area contributed by atoms with Crippen LogP contribution in [0.15, 0.2) is 60.6 Å². The highest BCUT2D eigenvalue weighted by Gasteiger charge is 2.43. The van der Waals surface area contributed by atoms with Gasteiger partial charge < -0.3 is 10.1 Å². The zero-order valence-electron chi connectivity index (χ0n) is 16.0. The molecule has 0 spiro atoms. The number of aromatic nitrogens is 3. The summed E-state index contributed by atoms with van der Waals surface area (Å²) in [6.45, 7) is 0. The Morgan fingerprint density at radius 1 is 1.10 bits per heavy atom. The standard InChI is InChI=1S/C22H18F2N4O2/c1-30-17-4-2-12(3-5-17)13-8-18-20(19(29)9-13)21(28-22(27-18)25-11-26-28)14-6-15(23)10-16(24)7-14/h2-8,10-11,13,20-21H,9H2,1H3,(H,25,26,27)/t13-,20-,21-/m0/s1. The molecule has 0 unspecified atom stereocenters. The summed E-state index contributed by atoms with van der Waals surface area (Å²) in [6.07, 6.45) is 3.63. The maximum Gasteiger partial charge on any atom is 0.226 e. The maximum absolute atomic E-state index is 13.9. The molecule has 0 saturated heterocycles. The molecule has 30 heavy (non-hydrogen) atoms. The molecular weight excluding hydrogens is 390 g/mol. The number of hydrogen-bond donors (Lipinski definition) is 1. The smallest absolute Gasteiger partial charge is 0.226 e. The highest BCUT2D eigenvalue weighted by atomic mass is 19.1.